The predicted octanol–water partition coefficient (Wildman–Crippen LogP) is 5.83. The maximum atomic E-state index is 14.3. The van der Waals surface area contributed by atoms with Crippen LogP contribution in [0.5, 0.6) is 0 Å². The Labute approximate surface area is 246 Å². The number of amides is 1. The summed E-state index contributed by atoms with van der Waals surface area (Å²) >= 11 is 0. The van der Waals surface area contributed by atoms with Crippen molar-refractivity contribution in [2.75, 3.05) is 24.5 Å². The number of halogens is 3. The van der Waals surface area contributed by atoms with Crippen molar-refractivity contribution in [3.8, 4) is 11.3 Å². The van der Waals surface area contributed by atoms with E-state index in [1.54, 1.807) is 21.5 Å². The third kappa shape index (κ3) is 5.44. The number of piperidine rings is 1. The van der Waals surface area contributed by atoms with Gasteiger partial charge in [-0.05, 0) is 48.3 Å². The SMILES string of the molecule is CC(C)CN(c1cc(-c2cc(F)c(F)c(F)c2)nc2cc(C(=O)N3C[C@@H]4C(CC(=O)O)[C@@H]4C3)nn12)[C@@H](C)c1ccccc1. The Morgan fingerprint density at radius 3 is 2.26 bits per heavy atom. The van der Waals surface area contributed by atoms with Crippen molar-refractivity contribution in [1.82, 2.24) is 19.5 Å². The molecule has 1 saturated carbocycles. The van der Waals surface area contributed by atoms with E-state index in [0.717, 1.165) is 17.7 Å². The third-order valence-electron chi connectivity index (χ3n) is 8.58. The molecule has 0 spiro atoms. The van der Waals surface area contributed by atoms with Gasteiger partial charge in [0.2, 0.25) is 0 Å². The average Bonchev–Trinajstić information content (AvgIpc) is 3.32. The van der Waals surface area contributed by atoms with Crippen LogP contribution in [0.15, 0.2) is 54.6 Å². The number of rotatable bonds is 9. The molecule has 0 radical (unpaired) electrons. The largest absolute Gasteiger partial charge is 0.481 e. The van der Waals surface area contributed by atoms with Crippen LogP contribution in [0.3, 0.4) is 0 Å². The number of carbonyl (C=O) groups is 2. The molecule has 1 unspecified atom stereocenters. The molecule has 1 aliphatic heterocycles. The minimum Gasteiger partial charge on any atom is -0.481 e. The van der Waals surface area contributed by atoms with E-state index in [2.05, 4.69) is 28.8 Å². The fraction of sp³-hybridized carbons (Fsp3) is 0.375. The Balaban J connectivity index is 1.43. The van der Waals surface area contributed by atoms with Crippen LogP contribution in [0.4, 0.5) is 19.0 Å². The van der Waals surface area contributed by atoms with Gasteiger partial charge in [-0.1, -0.05) is 44.2 Å². The maximum absolute atomic E-state index is 14.3. The van der Waals surface area contributed by atoms with Gasteiger partial charge in [-0.25, -0.2) is 18.2 Å². The number of aliphatic carboxylic acids is 1. The van der Waals surface area contributed by atoms with Gasteiger partial charge in [-0.15, -0.1) is 0 Å². The van der Waals surface area contributed by atoms with E-state index in [-0.39, 0.29) is 59.0 Å². The molecule has 1 saturated heterocycles. The van der Waals surface area contributed by atoms with Gasteiger partial charge in [0.05, 0.1) is 11.7 Å². The van der Waals surface area contributed by atoms with Gasteiger partial charge >= 0.3 is 5.97 Å². The summed E-state index contributed by atoms with van der Waals surface area (Å²) in [4.78, 5) is 33.1. The molecular weight excluding hydrogens is 559 g/mol. The molecule has 2 aromatic heterocycles. The lowest BCUT2D eigenvalue weighted by molar-refractivity contribution is -0.137. The minimum absolute atomic E-state index is 0.0511. The van der Waals surface area contributed by atoms with Crippen molar-refractivity contribution in [3.63, 3.8) is 0 Å². The molecule has 2 aliphatic rings. The number of carboxylic acids is 1. The number of carbonyl (C=O) groups excluding carboxylic acids is 1. The van der Waals surface area contributed by atoms with E-state index >= 15 is 0 Å². The van der Waals surface area contributed by atoms with Gasteiger partial charge in [-0.3, -0.25) is 9.59 Å². The maximum Gasteiger partial charge on any atom is 0.303 e. The fourth-order valence-corrected chi connectivity index (χ4v) is 6.36. The van der Waals surface area contributed by atoms with Crippen molar-refractivity contribution in [2.45, 2.75) is 33.2 Å². The first-order chi connectivity index (χ1) is 20.5. The molecule has 224 valence electrons. The van der Waals surface area contributed by atoms with E-state index in [1.807, 2.05) is 37.3 Å². The van der Waals surface area contributed by atoms with Gasteiger partial charge in [0, 0.05) is 43.8 Å². The van der Waals surface area contributed by atoms with Crippen molar-refractivity contribution in [2.24, 2.45) is 23.7 Å². The number of benzene rings is 2. The summed E-state index contributed by atoms with van der Waals surface area (Å²) in [7, 11) is 0. The Morgan fingerprint density at radius 2 is 1.65 bits per heavy atom. The summed E-state index contributed by atoms with van der Waals surface area (Å²) in [6.45, 7) is 7.72. The first kappa shape index (κ1) is 28.7. The van der Waals surface area contributed by atoms with Gasteiger partial charge in [0.15, 0.2) is 28.8 Å². The molecule has 0 bridgehead atoms. The predicted molar refractivity (Wildman–Crippen MR) is 154 cm³/mol. The van der Waals surface area contributed by atoms with E-state index < -0.39 is 23.4 Å². The third-order valence-corrected chi connectivity index (χ3v) is 8.58. The van der Waals surface area contributed by atoms with Crippen LogP contribution < -0.4 is 4.90 Å². The summed E-state index contributed by atoms with van der Waals surface area (Å²) in [6.07, 6.45) is 0.109. The molecule has 43 heavy (non-hydrogen) atoms. The number of carboxylic acid groups (broad SMARTS) is 1. The second-order valence-corrected chi connectivity index (χ2v) is 12.0. The van der Waals surface area contributed by atoms with Crippen molar-refractivity contribution in [3.05, 3.63) is 83.3 Å². The minimum atomic E-state index is -1.56. The second-order valence-electron chi connectivity index (χ2n) is 12.0. The molecule has 3 heterocycles. The quantitative estimate of drug-likeness (QED) is 0.247. The van der Waals surface area contributed by atoms with Crippen molar-refractivity contribution in [1.29, 1.82) is 0 Å². The molecule has 1 amide bonds. The fourth-order valence-electron chi connectivity index (χ4n) is 6.36. The molecule has 8 nitrogen and oxygen atoms in total. The Morgan fingerprint density at radius 1 is 1.00 bits per heavy atom. The molecule has 6 rings (SSSR count). The van der Waals surface area contributed by atoms with Gasteiger partial charge in [0.25, 0.3) is 5.91 Å². The standard InChI is InChI=1S/C32H32F3N5O3/c1-17(2)14-39(18(3)19-7-5-4-6-8-19)29-13-26(20-9-24(33)31(35)25(34)10-20)36-28-12-27(37-40(28)29)32(43)38-15-22-21(11-30(41)42)23(22)16-38/h4-10,12-13,17-18,21-23H,11,14-16H2,1-3H3,(H,41,42)/t18-,21?,22-,23+/m0/s1. The zero-order valence-corrected chi connectivity index (χ0v) is 24.0. The second kappa shape index (κ2) is 11.0. The summed E-state index contributed by atoms with van der Waals surface area (Å²) in [6, 6.07) is 14.7. The molecule has 1 N–H and O–H groups in total. The molecule has 2 fully saturated rings. The number of hydrogen-bond donors (Lipinski definition) is 1. The zero-order chi connectivity index (χ0) is 30.6. The van der Waals surface area contributed by atoms with Crippen LogP contribution in [0.1, 0.15) is 49.3 Å². The molecule has 4 atom stereocenters. The highest BCUT2D eigenvalue weighted by Crippen LogP contribution is 2.53. The number of fused-ring (bicyclic) bond motifs is 2. The van der Waals surface area contributed by atoms with Crippen LogP contribution in [-0.2, 0) is 4.79 Å². The lowest BCUT2D eigenvalue weighted by Gasteiger charge is -2.33. The van der Waals surface area contributed by atoms with Crippen molar-refractivity contribution < 1.29 is 27.9 Å². The number of hydrogen-bond acceptors (Lipinski definition) is 5. The van der Waals surface area contributed by atoms with E-state index in [4.69, 9.17) is 5.11 Å². The highest BCUT2D eigenvalue weighted by molar-refractivity contribution is 5.94. The van der Waals surface area contributed by atoms with Gasteiger partial charge in [-0.2, -0.15) is 9.61 Å². The average molecular weight is 592 g/mol. The first-order valence-electron chi connectivity index (χ1n) is 14.4. The van der Waals surface area contributed by atoms with Gasteiger partial charge in [0.1, 0.15) is 5.82 Å². The summed E-state index contributed by atoms with van der Waals surface area (Å²) in [5.74, 6) is -4.11. The van der Waals surface area contributed by atoms with Crippen molar-refractivity contribution >= 4 is 23.3 Å². The lowest BCUT2D eigenvalue weighted by Crippen LogP contribution is -2.33. The van der Waals surface area contributed by atoms with Crippen LogP contribution in [0.25, 0.3) is 16.9 Å². The molecule has 4 aromatic rings. The lowest BCUT2D eigenvalue weighted by atomic mass is 10.0. The molecular formula is C32H32F3N5O3. The zero-order valence-electron chi connectivity index (χ0n) is 24.0. The summed E-state index contributed by atoms with van der Waals surface area (Å²) in [5.41, 5.74) is 1.74. The Kier molecular flexibility index (Phi) is 7.35. The highest BCUT2D eigenvalue weighted by Gasteiger charge is 2.57. The number of likely N-dealkylation sites (tertiary alicyclic amines) is 1. The van der Waals surface area contributed by atoms with E-state index in [0.29, 0.717) is 31.1 Å². The number of nitrogens with zero attached hydrogens (tertiary/aromatic N) is 5. The number of aromatic nitrogens is 3. The summed E-state index contributed by atoms with van der Waals surface area (Å²) < 4.78 is 43.9. The van der Waals surface area contributed by atoms with E-state index in [1.165, 1.54) is 0 Å². The highest BCUT2D eigenvalue weighted by atomic mass is 19.2. The normalized spacial score (nSPS) is 20.0. The Hall–Kier alpha value is -4.41. The molecule has 2 aromatic carbocycles. The van der Waals surface area contributed by atoms with Crippen LogP contribution in [-0.4, -0.2) is 56.1 Å². The smallest absolute Gasteiger partial charge is 0.303 e. The van der Waals surface area contributed by atoms with E-state index in [9.17, 15) is 22.8 Å². The van der Waals surface area contributed by atoms with Crippen LogP contribution >= 0.6 is 0 Å². The van der Waals surface area contributed by atoms with Crippen LogP contribution in [0, 0.1) is 41.1 Å². The Bertz CT molecular complexity index is 1670. The first-order valence-corrected chi connectivity index (χ1v) is 14.4. The summed E-state index contributed by atoms with van der Waals surface area (Å²) in [5, 5.41) is 13.8. The molecule has 11 heteroatoms. The topological polar surface area (TPSA) is 91.0 Å². The monoisotopic (exact) mass is 591 g/mol. The number of anilines is 1. The molecule has 1 aliphatic carbocycles. The van der Waals surface area contributed by atoms with Crippen LogP contribution in [0.2, 0.25) is 0 Å². The van der Waals surface area contributed by atoms with Gasteiger partial charge < -0.3 is 14.9 Å².